The van der Waals surface area contributed by atoms with Gasteiger partial charge < -0.3 is 14.9 Å². The fourth-order valence-electron chi connectivity index (χ4n) is 7.09. The molecule has 3 fully saturated rings. The minimum atomic E-state index is -1.15. The summed E-state index contributed by atoms with van der Waals surface area (Å²) in [4.78, 5) is 16.3. The monoisotopic (exact) mass is 463 g/mol. The van der Waals surface area contributed by atoms with E-state index in [1.54, 1.807) is 12.1 Å². The van der Waals surface area contributed by atoms with E-state index in [0.29, 0.717) is 35.1 Å². The quantitative estimate of drug-likeness (QED) is 0.676. The van der Waals surface area contributed by atoms with E-state index in [4.69, 9.17) is 16.3 Å². The molecule has 5 nitrogen and oxygen atoms in total. The Hall–Kier alpha value is -2.34. The van der Waals surface area contributed by atoms with Crippen molar-refractivity contribution in [3.8, 4) is 11.5 Å². The number of rotatable bonds is 3. The van der Waals surface area contributed by atoms with Gasteiger partial charge in [-0.15, -0.1) is 0 Å². The lowest BCUT2D eigenvalue weighted by atomic mass is 9.48. The van der Waals surface area contributed by atoms with Crippen molar-refractivity contribution in [3.05, 3.63) is 63.7 Å². The van der Waals surface area contributed by atoms with Crippen molar-refractivity contribution in [2.75, 3.05) is 13.1 Å². The first kappa shape index (κ1) is 20.1. The van der Waals surface area contributed by atoms with Crippen LogP contribution in [0.25, 0.3) is 6.08 Å². The molecule has 170 valence electrons. The molecule has 0 amide bonds. The lowest BCUT2D eigenvalue weighted by Gasteiger charge is -2.62. The Labute approximate surface area is 197 Å². The predicted octanol–water partition coefficient (Wildman–Crippen LogP) is 3.87. The molecule has 0 radical (unpaired) electrons. The number of halogens is 1. The van der Waals surface area contributed by atoms with Gasteiger partial charge in [-0.1, -0.05) is 35.9 Å². The summed E-state index contributed by atoms with van der Waals surface area (Å²) in [6.45, 7) is 1.82. The molecular weight excluding hydrogens is 438 g/mol. The van der Waals surface area contributed by atoms with Gasteiger partial charge in [0, 0.05) is 35.2 Å². The van der Waals surface area contributed by atoms with Crippen LogP contribution in [-0.2, 0) is 16.6 Å². The van der Waals surface area contributed by atoms with Crippen LogP contribution in [0.1, 0.15) is 42.4 Å². The van der Waals surface area contributed by atoms with E-state index in [1.807, 2.05) is 30.3 Å². The summed E-state index contributed by atoms with van der Waals surface area (Å²) < 4.78 is 6.26. The van der Waals surface area contributed by atoms with Crippen molar-refractivity contribution in [2.45, 2.75) is 55.3 Å². The first-order valence-electron chi connectivity index (χ1n) is 11.9. The number of ketones is 1. The average molecular weight is 464 g/mol. The van der Waals surface area contributed by atoms with Gasteiger partial charge >= 0.3 is 0 Å². The molecule has 2 bridgehead atoms. The van der Waals surface area contributed by atoms with Gasteiger partial charge in [-0.25, -0.2) is 0 Å². The number of piperidine rings is 1. The molecule has 33 heavy (non-hydrogen) atoms. The van der Waals surface area contributed by atoms with Crippen molar-refractivity contribution in [2.24, 2.45) is 5.92 Å². The molecule has 1 saturated heterocycles. The van der Waals surface area contributed by atoms with Gasteiger partial charge in [0.1, 0.15) is 0 Å². The van der Waals surface area contributed by atoms with E-state index in [1.165, 1.54) is 12.8 Å². The number of carbonyl (C=O) groups is 1. The largest absolute Gasteiger partial charge is 0.504 e. The molecule has 2 unspecified atom stereocenters. The smallest absolute Gasteiger partial charge is 0.200 e. The number of benzene rings is 2. The SMILES string of the molecule is O=C1/C(=C\c2ccccc2Cl)C[C@@]2(O)C3Cc4ccc(O)c5c4C2(CCN3CC2CC2)[C@H]1O5. The molecule has 4 atom stereocenters. The highest BCUT2D eigenvalue weighted by Gasteiger charge is 2.74. The summed E-state index contributed by atoms with van der Waals surface area (Å²) in [6, 6.07) is 11.0. The van der Waals surface area contributed by atoms with E-state index in [2.05, 4.69) is 4.90 Å². The molecule has 2 aromatic rings. The van der Waals surface area contributed by atoms with Crippen LogP contribution < -0.4 is 4.74 Å². The highest BCUT2D eigenvalue weighted by atomic mass is 35.5. The molecule has 5 aliphatic rings. The fourth-order valence-corrected chi connectivity index (χ4v) is 7.28. The van der Waals surface area contributed by atoms with Crippen LogP contribution in [0.5, 0.6) is 11.5 Å². The molecule has 7 rings (SSSR count). The van der Waals surface area contributed by atoms with Crippen LogP contribution in [0.15, 0.2) is 42.0 Å². The second-order valence-electron chi connectivity index (χ2n) is 10.5. The fraction of sp³-hybridized carbons (Fsp3) is 0.444. The molecule has 2 aliphatic heterocycles. The number of carbonyl (C=O) groups excluding carboxylic acids is 1. The maximum Gasteiger partial charge on any atom is 0.200 e. The molecule has 2 N–H and O–H groups in total. The highest BCUT2D eigenvalue weighted by Crippen LogP contribution is 2.65. The van der Waals surface area contributed by atoms with Gasteiger partial charge in [-0.3, -0.25) is 9.69 Å². The van der Waals surface area contributed by atoms with Crippen molar-refractivity contribution in [3.63, 3.8) is 0 Å². The Morgan fingerprint density at radius 2 is 2.03 bits per heavy atom. The predicted molar refractivity (Wildman–Crippen MR) is 125 cm³/mol. The van der Waals surface area contributed by atoms with Gasteiger partial charge in [0.25, 0.3) is 0 Å². The normalized spacial score (nSPS) is 35.5. The zero-order chi connectivity index (χ0) is 22.5. The lowest BCUT2D eigenvalue weighted by Crippen LogP contribution is -2.77. The van der Waals surface area contributed by atoms with Crippen molar-refractivity contribution in [1.29, 1.82) is 0 Å². The summed E-state index contributed by atoms with van der Waals surface area (Å²) in [5, 5.41) is 23.8. The number of phenolic OH excluding ortho intramolecular Hbond substituents is 1. The van der Waals surface area contributed by atoms with E-state index < -0.39 is 17.1 Å². The Balaban J connectivity index is 1.42. The molecule has 2 saturated carbocycles. The number of Topliss-reactive ketones (excluding diaryl/α,β-unsaturated/α-hetero) is 1. The number of phenols is 1. The standard InChI is InChI=1S/C27H26ClNO4/c28-19-4-2-1-3-16(19)11-18-13-27(32)21-12-17-7-8-20(30)24-22(17)26(27,25(33-24)23(18)31)9-10-29(21)14-15-5-6-15/h1-4,7-8,11,15,21,25,30,32H,5-6,9-10,12-14H2/b18-11-/t21?,25-,26?,27+/m0/s1. The molecule has 6 heteroatoms. The third kappa shape index (κ3) is 2.53. The number of nitrogens with zero attached hydrogens (tertiary/aromatic N) is 1. The molecule has 3 aliphatic carbocycles. The lowest BCUT2D eigenvalue weighted by molar-refractivity contribution is -0.179. The summed E-state index contributed by atoms with van der Waals surface area (Å²) in [7, 11) is 0. The summed E-state index contributed by atoms with van der Waals surface area (Å²) in [5.74, 6) is 1.02. The molecular formula is C27H26ClNO4. The number of likely N-dealkylation sites (tertiary alicyclic amines) is 1. The van der Waals surface area contributed by atoms with Gasteiger partial charge in [-0.05, 0) is 67.5 Å². The number of hydrogen-bond acceptors (Lipinski definition) is 5. The summed E-state index contributed by atoms with van der Waals surface area (Å²) >= 11 is 6.40. The zero-order valence-corrected chi connectivity index (χ0v) is 19.0. The Bertz CT molecular complexity index is 1240. The van der Waals surface area contributed by atoms with E-state index in [0.717, 1.165) is 29.8 Å². The number of ether oxygens (including phenoxy) is 1. The van der Waals surface area contributed by atoms with Crippen LogP contribution >= 0.6 is 11.6 Å². The van der Waals surface area contributed by atoms with Crippen molar-refractivity contribution < 1.29 is 19.7 Å². The zero-order valence-electron chi connectivity index (χ0n) is 18.3. The third-order valence-corrected chi connectivity index (χ3v) is 9.11. The van der Waals surface area contributed by atoms with E-state index in [9.17, 15) is 15.0 Å². The first-order chi connectivity index (χ1) is 15.9. The second kappa shape index (κ2) is 6.62. The average Bonchev–Trinajstić information content (AvgIpc) is 3.53. The van der Waals surface area contributed by atoms with Gasteiger partial charge in [-0.2, -0.15) is 0 Å². The molecule has 0 aromatic heterocycles. The highest BCUT2D eigenvalue weighted by molar-refractivity contribution is 6.32. The van der Waals surface area contributed by atoms with Crippen LogP contribution in [0.4, 0.5) is 0 Å². The van der Waals surface area contributed by atoms with Gasteiger partial charge in [0.05, 0.1) is 11.0 Å². The Morgan fingerprint density at radius 3 is 2.82 bits per heavy atom. The minimum absolute atomic E-state index is 0.0446. The van der Waals surface area contributed by atoms with E-state index >= 15 is 0 Å². The van der Waals surface area contributed by atoms with E-state index in [-0.39, 0.29) is 24.0 Å². The van der Waals surface area contributed by atoms with Gasteiger partial charge in [0.2, 0.25) is 0 Å². The third-order valence-electron chi connectivity index (χ3n) is 8.76. The van der Waals surface area contributed by atoms with Crippen LogP contribution in [0.2, 0.25) is 5.02 Å². The molecule has 2 heterocycles. The van der Waals surface area contributed by atoms with Crippen LogP contribution in [0.3, 0.4) is 0 Å². The maximum absolute atomic E-state index is 13.8. The van der Waals surface area contributed by atoms with Crippen molar-refractivity contribution in [1.82, 2.24) is 4.90 Å². The minimum Gasteiger partial charge on any atom is -0.504 e. The van der Waals surface area contributed by atoms with Gasteiger partial charge in [0.15, 0.2) is 23.4 Å². The molecule has 1 spiro atoms. The molecule has 2 aromatic carbocycles. The van der Waals surface area contributed by atoms with Crippen LogP contribution in [0, 0.1) is 5.92 Å². The maximum atomic E-state index is 13.8. The number of hydrogen-bond donors (Lipinski definition) is 2. The summed E-state index contributed by atoms with van der Waals surface area (Å²) in [5.41, 5.74) is 1.28. The first-order valence-corrected chi connectivity index (χ1v) is 12.3. The summed E-state index contributed by atoms with van der Waals surface area (Å²) in [6.07, 6.45) is 5.09. The number of aromatic hydroxyl groups is 1. The Morgan fingerprint density at radius 1 is 1.21 bits per heavy atom. The second-order valence-corrected chi connectivity index (χ2v) is 10.9. The topological polar surface area (TPSA) is 70.0 Å². The number of aliphatic hydroxyl groups is 1. The van der Waals surface area contributed by atoms with Crippen molar-refractivity contribution >= 4 is 23.5 Å². The Kier molecular flexibility index (Phi) is 4.03. The van der Waals surface area contributed by atoms with Crippen LogP contribution in [-0.4, -0.2) is 51.7 Å².